The molecule has 0 aliphatic heterocycles. The molecule has 0 spiro atoms. The lowest BCUT2D eigenvalue weighted by molar-refractivity contribution is -0.386. The van der Waals surface area contributed by atoms with Crippen LogP contribution in [0.2, 0.25) is 0 Å². The Morgan fingerprint density at radius 2 is 2.11 bits per heavy atom. The molecule has 0 aromatic carbocycles. The van der Waals surface area contributed by atoms with Crippen LogP contribution >= 0.6 is 11.6 Å². The smallest absolute Gasteiger partial charge is 0.262 e. The summed E-state index contributed by atoms with van der Waals surface area (Å²) in [6.07, 6.45) is 1.66. The number of nitrogens with zero attached hydrogens (tertiary/aromatic N) is 3. The third kappa shape index (κ3) is 2.83. The molecule has 0 amide bonds. The van der Waals surface area contributed by atoms with Crippen LogP contribution < -0.4 is 0 Å². The van der Waals surface area contributed by atoms with E-state index in [1.54, 1.807) is 11.6 Å². The molecule has 1 aromatic rings. The highest BCUT2D eigenvalue weighted by molar-refractivity contribution is 6.21. The van der Waals surface area contributed by atoms with Gasteiger partial charge in [0.25, 0.3) is 0 Å². The summed E-state index contributed by atoms with van der Waals surface area (Å²) >= 11 is 6.24. The van der Waals surface area contributed by atoms with Gasteiger partial charge in [-0.05, 0) is 19.8 Å². The highest BCUT2D eigenvalue weighted by Gasteiger charge is 2.31. The zero-order valence-corrected chi connectivity index (χ0v) is 12.1. The van der Waals surface area contributed by atoms with Gasteiger partial charge >= 0.3 is 5.69 Å². The Morgan fingerprint density at radius 3 is 2.56 bits per heavy atom. The molecule has 6 heteroatoms. The van der Waals surface area contributed by atoms with Crippen molar-refractivity contribution < 1.29 is 4.92 Å². The van der Waals surface area contributed by atoms with Gasteiger partial charge in [0.2, 0.25) is 0 Å². The maximum Gasteiger partial charge on any atom is 0.313 e. The first-order chi connectivity index (χ1) is 8.43. The van der Waals surface area contributed by atoms with Crippen LogP contribution in [0.1, 0.15) is 50.9 Å². The number of aromatic nitrogens is 2. The normalized spacial score (nSPS) is 14.5. The molecule has 2 unspecified atom stereocenters. The largest absolute Gasteiger partial charge is 0.313 e. The minimum atomic E-state index is -0.348. The van der Waals surface area contributed by atoms with Crippen molar-refractivity contribution in [2.75, 3.05) is 0 Å². The highest BCUT2D eigenvalue weighted by Crippen LogP contribution is 2.34. The third-order valence-corrected chi connectivity index (χ3v) is 3.80. The van der Waals surface area contributed by atoms with E-state index in [4.69, 9.17) is 11.6 Å². The highest BCUT2D eigenvalue weighted by atomic mass is 35.5. The van der Waals surface area contributed by atoms with Gasteiger partial charge in [-0.15, -0.1) is 11.6 Å². The molecule has 0 fully saturated rings. The molecule has 0 N–H and O–H groups in total. The second kappa shape index (κ2) is 6.18. The van der Waals surface area contributed by atoms with Crippen LogP contribution in [0.4, 0.5) is 5.69 Å². The number of nitro groups is 1. The van der Waals surface area contributed by atoms with E-state index in [0.717, 1.165) is 12.8 Å². The Hall–Kier alpha value is -1.10. The lowest BCUT2D eigenvalue weighted by atomic mass is 9.99. The maximum atomic E-state index is 11.2. The van der Waals surface area contributed by atoms with Crippen molar-refractivity contribution in [2.45, 2.75) is 58.4 Å². The van der Waals surface area contributed by atoms with E-state index in [2.05, 4.69) is 5.10 Å². The second-order valence-corrected chi connectivity index (χ2v) is 5.07. The Kier molecular flexibility index (Phi) is 5.14. The minimum Gasteiger partial charge on any atom is -0.262 e. The van der Waals surface area contributed by atoms with Crippen molar-refractivity contribution in [1.29, 1.82) is 0 Å². The number of rotatable bonds is 6. The Morgan fingerprint density at radius 1 is 1.50 bits per heavy atom. The van der Waals surface area contributed by atoms with Crippen LogP contribution in [0, 0.1) is 17.0 Å². The summed E-state index contributed by atoms with van der Waals surface area (Å²) < 4.78 is 1.74. The number of hydrogen-bond donors (Lipinski definition) is 0. The van der Waals surface area contributed by atoms with Gasteiger partial charge in [0.15, 0.2) is 0 Å². The molecular formula is C12H20ClN3O2. The van der Waals surface area contributed by atoms with Crippen molar-refractivity contribution in [2.24, 2.45) is 0 Å². The van der Waals surface area contributed by atoms with Crippen LogP contribution in [0.25, 0.3) is 0 Å². The quantitative estimate of drug-likeness (QED) is 0.452. The first kappa shape index (κ1) is 15.0. The summed E-state index contributed by atoms with van der Waals surface area (Å²) in [5.74, 6) is -0.0789. The molecule has 5 nitrogen and oxygen atoms in total. The standard InChI is InChI=1S/C12H20ClN3O2/c1-5-7-15-11(8(3)10(13)6-2)12(16(17)18)9(4)14-15/h8,10H,5-7H2,1-4H3. The molecule has 0 saturated carbocycles. The molecule has 0 aliphatic rings. The van der Waals surface area contributed by atoms with Gasteiger partial charge in [-0.2, -0.15) is 5.10 Å². The zero-order chi connectivity index (χ0) is 13.9. The van der Waals surface area contributed by atoms with Gasteiger partial charge in [-0.3, -0.25) is 14.8 Å². The van der Waals surface area contributed by atoms with E-state index in [1.165, 1.54) is 0 Å². The number of aryl methyl sites for hydroxylation is 2. The number of halogens is 1. The van der Waals surface area contributed by atoms with E-state index >= 15 is 0 Å². The SMILES string of the molecule is CCCn1nc(C)c([N+](=O)[O-])c1C(C)C(Cl)CC. The predicted molar refractivity (Wildman–Crippen MR) is 72.3 cm³/mol. The minimum absolute atomic E-state index is 0.0789. The van der Waals surface area contributed by atoms with Crippen LogP contribution in [-0.2, 0) is 6.54 Å². The van der Waals surface area contributed by atoms with Gasteiger partial charge in [0, 0.05) is 17.8 Å². The van der Waals surface area contributed by atoms with Gasteiger partial charge < -0.3 is 0 Å². The van der Waals surface area contributed by atoms with Crippen molar-refractivity contribution in [3.8, 4) is 0 Å². The maximum absolute atomic E-state index is 11.2. The summed E-state index contributed by atoms with van der Waals surface area (Å²) in [6.45, 7) is 8.29. The van der Waals surface area contributed by atoms with Gasteiger partial charge in [-0.25, -0.2) is 0 Å². The van der Waals surface area contributed by atoms with Crippen molar-refractivity contribution >= 4 is 17.3 Å². The molecule has 0 saturated heterocycles. The van der Waals surface area contributed by atoms with Crippen molar-refractivity contribution in [3.63, 3.8) is 0 Å². The second-order valence-electron chi connectivity index (χ2n) is 4.51. The fourth-order valence-electron chi connectivity index (χ4n) is 2.17. The average Bonchev–Trinajstić information content (AvgIpc) is 2.64. The van der Waals surface area contributed by atoms with E-state index in [1.807, 2.05) is 20.8 Å². The predicted octanol–water partition coefficient (Wildman–Crippen LogP) is 3.63. The molecular weight excluding hydrogens is 254 g/mol. The summed E-state index contributed by atoms with van der Waals surface area (Å²) in [5.41, 5.74) is 1.24. The summed E-state index contributed by atoms with van der Waals surface area (Å²) in [5, 5.41) is 15.3. The fourth-order valence-corrected chi connectivity index (χ4v) is 2.29. The lowest BCUT2D eigenvalue weighted by Crippen LogP contribution is -2.16. The zero-order valence-electron chi connectivity index (χ0n) is 11.3. The first-order valence-corrected chi connectivity index (χ1v) is 6.73. The number of hydrogen-bond acceptors (Lipinski definition) is 3. The first-order valence-electron chi connectivity index (χ1n) is 6.29. The van der Waals surface area contributed by atoms with Crippen LogP contribution in [0.5, 0.6) is 0 Å². The monoisotopic (exact) mass is 273 g/mol. The van der Waals surface area contributed by atoms with Gasteiger partial charge in [0.1, 0.15) is 11.4 Å². The summed E-state index contributed by atoms with van der Waals surface area (Å²) in [7, 11) is 0. The topological polar surface area (TPSA) is 61.0 Å². The molecule has 2 atom stereocenters. The summed E-state index contributed by atoms with van der Waals surface area (Å²) in [4.78, 5) is 10.8. The van der Waals surface area contributed by atoms with Crippen LogP contribution in [0.3, 0.4) is 0 Å². The Labute approximate surface area is 112 Å². The molecule has 0 bridgehead atoms. The third-order valence-electron chi connectivity index (χ3n) is 3.12. The molecule has 18 heavy (non-hydrogen) atoms. The van der Waals surface area contributed by atoms with E-state index in [0.29, 0.717) is 17.9 Å². The fraction of sp³-hybridized carbons (Fsp3) is 0.750. The van der Waals surface area contributed by atoms with Gasteiger partial charge in [-0.1, -0.05) is 20.8 Å². The molecule has 102 valence electrons. The molecule has 1 rings (SSSR count). The van der Waals surface area contributed by atoms with E-state index in [9.17, 15) is 10.1 Å². The molecule has 0 radical (unpaired) electrons. The van der Waals surface area contributed by atoms with Crippen LogP contribution in [-0.4, -0.2) is 20.1 Å². The Bertz CT molecular complexity index is 431. The van der Waals surface area contributed by atoms with Crippen molar-refractivity contribution in [1.82, 2.24) is 9.78 Å². The van der Waals surface area contributed by atoms with E-state index in [-0.39, 0.29) is 21.9 Å². The van der Waals surface area contributed by atoms with Crippen LogP contribution in [0.15, 0.2) is 0 Å². The molecule has 0 aliphatic carbocycles. The Balaban J connectivity index is 3.31. The molecule has 1 heterocycles. The molecule has 1 aromatic heterocycles. The summed E-state index contributed by atoms with van der Waals surface area (Å²) in [6, 6.07) is 0. The number of alkyl halides is 1. The van der Waals surface area contributed by atoms with E-state index < -0.39 is 0 Å². The van der Waals surface area contributed by atoms with Crippen molar-refractivity contribution in [3.05, 3.63) is 21.5 Å². The van der Waals surface area contributed by atoms with Gasteiger partial charge in [0.05, 0.1) is 4.92 Å². The average molecular weight is 274 g/mol. The lowest BCUT2D eigenvalue weighted by Gasteiger charge is -2.17.